The van der Waals surface area contributed by atoms with Crippen LogP contribution in [-0.2, 0) is 19.2 Å². The highest BCUT2D eigenvalue weighted by Gasteiger charge is 2.09. The minimum atomic E-state index is -0.815. The van der Waals surface area contributed by atoms with Crippen molar-refractivity contribution in [1.82, 2.24) is 0 Å². The van der Waals surface area contributed by atoms with E-state index in [4.69, 9.17) is 5.11 Å². The summed E-state index contributed by atoms with van der Waals surface area (Å²) in [5.74, 6) is -0.697. The third kappa shape index (κ3) is 13.2. The molecule has 0 saturated carbocycles. The van der Waals surface area contributed by atoms with Crippen molar-refractivity contribution in [3.8, 4) is 0 Å². The van der Waals surface area contributed by atoms with Crippen LogP contribution in [0.25, 0.3) is 0 Å². The molecule has 0 rings (SSSR count). The van der Waals surface area contributed by atoms with Gasteiger partial charge < -0.3 is 5.11 Å². The molecule has 0 heterocycles. The Bertz CT molecular complexity index is 360. The number of carbonyl (C=O) groups is 4. The molecule has 0 spiro atoms. The summed E-state index contributed by atoms with van der Waals surface area (Å²) in [6.45, 7) is 1.93. The van der Waals surface area contributed by atoms with Crippen molar-refractivity contribution in [3.63, 3.8) is 0 Å². The first-order valence-corrected chi connectivity index (χ1v) is 7.72. The van der Waals surface area contributed by atoms with Crippen molar-refractivity contribution in [1.29, 1.82) is 0 Å². The maximum atomic E-state index is 11.5. The number of unbranched alkanes of at least 4 members (excludes halogenated alkanes) is 2. The lowest BCUT2D eigenvalue weighted by Crippen LogP contribution is -2.07. The Morgan fingerprint density at radius 3 is 1.52 bits per heavy atom. The van der Waals surface area contributed by atoms with Crippen molar-refractivity contribution >= 4 is 23.3 Å². The van der Waals surface area contributed by atoms with Crippen LogP contribution in [0.1, 0.15) is 77.6 Å². The average Bonchev–Trinajstić information content (AvgIpc) is 2.42. The molecule has 0 radical (unpaired) electrons. The van der Waals surface area contributed by atoms with E-state index in [-0.39, 0.29) is 49.5 Å². The lowest BCUT2D eigenvalue weighted by molar-refractivity contribution is -0.137. The molecular weight excluding hydrogens is 272 g/mol. The third-order valence-corrected chi connectivity index (χ3v) is 3.24. The molecule has 0 fully saturated rings. The summed E-state index contributed by atoms with van der Waals surface area (Å²) in [6, 6.07) is 0. The summed E-state index contributed by atoms with van der Waals surface area (Å²) in [6.07, 6.45) is 4.82. The van der Waals surface area contributed by atoms with Gasteiger partial charge in [-0.2, -0.15) is 0 Å². The van der Waals surface area contributed by atoms with Gasteiger partial charge >= 0.3 is 5.97 Å². The van der Waals surface area contributed by atoms with Crippen molar-refractivity contribution in [3.05, 3.63) is 0 Å². The fourth-order valence-electron chi connectivity index (χ4n) is 1.99. The molecule has 1 N–H and O–H groups in total. The summed E-state index contributed by atoms with van der Waals surface area (Å²) >= 11 is 0. The fraction of sp³-hybridized carbons (Fsp3) is 0.750. The second-order valence-electron chi connectivity index (χ2n) is 5.32. The zero-order valence-corrected chi connectivity index (χ0v) is 12.9. The van der Waals surface area contributed by atoms with Crippen LogP contribution >= 0.6 is 0 Å². The number of carbonyl (C=O) groups excluding carboxylic acids is 3. The van der Waals surface area contributed by atoms with Crippen molar-refractivity contribution < 1.29 is 24.3 Å². The highest BCUT2D eigenvalue weighted by Crippen LogP contribution is 2.08. The second-order valence-corrected chi connectivity index (χ2v) is 5.32. The van der Waals surface area contributed by atoms with E-state index in [1.54, 1.807) is 0 Å². The van der Waals surface area contributed by atoms with Gasteiger partial charge in [-0.25, -0.2) is 0 Å². The number of aliphatic carboxylic acids is 1. The van der Waals surface area contributed by atoms with E-state index >= 15 is 0 Å². The molecule has 0 aliphatic rings. The summed E-state index contributed by atoms with van der Waals surface area (Å²) in [7, 11) is 0. The van der Waals surface area contributed by atoms with Crippen LogP contribution < -0.4 is 0 Å². The quantitative estimate of drug-likeness (QED) is 0.498. The van der Waals surface area contributed by atoms with Gasteiger partial charge in [-0.3, -0.25) is 19.2 Å². The number of Topliss-reactive ketones (excluding diaryl/α,β-unsaturated/α-hetero) is 3. The molecule has 0 aliphatic carbocycles. The molecule has 0 aliphatic heterocycles. The second kappa shape index (κ2) is 12.2. The van der Waals surface area contributed by atoms with Crippen LogP contribution in [0.4, 0.5) is 0 Å². The van der Waals surface area contributed by atoms with Crippen molar-refractivity contribution in [2.45, 2.75) is 77.6 Å². The Morgan fingerprint density at radius 2 is 1.05 bits per heavy atom. The highest BCUT2D eigenvalue weighted by molar-refractivity contribution is 5.89. The Labute approximate surface area is 126 Å². The van der Waals surface area contributed by atoms with E-state index in [0.29, 0.717) is 25.7 Å². The average molecular weight is 298 g/mol. The van der Waals surface area contributed by atoms with Gasteiger partial charge in [-0.05, 0) is 19.3 Å². The van der Waals surface area contributed by atoms with Crippen LogP contribution in [0.3, 0.4) is 0 Å². The summed E-state index contributed by atoms with van der Waals surface area (Å²) in [5, 5.41) is 8.46. The largest absolute Gasteiger partial charge is 0.481 e. The normalized spacial score (nSPS) is 10.3. The van der Waals surface area contributed by atoms with Crippen LogP contribution in [-0.4, -0.2) is 28.4 Å². The van der Waals surface area contributed by atoms with Crippen LogP contribution in [0, 0.1) is 0 Å². The molecule has 120 valence electrons. The number of hydrogen-bond acceptors (Lipinski definition) is 4. The van der Waals surface area contributed by atoms with E-state index in [2.05, 4.69) is 0 Å². The van der Waals surface area contributed by atoms with Crippen LogP contribution in [0.2, 0.25) is 0 Å². The minimum absolute atomic E-state index is 0.0290. The maximum absolute atomic E-state index is 11.5. The molecule has 0 bridgehead atoms. The molecule has 0 saturated heterocycles. The molecule has 0 amide bonds. The van der Waals surface area contributed by atoms with Gasteiger partial charge in [0.1, 0.15) is 17.3 Å². The molecule has 0 unspecified atom stereocenters. The molecule has 0 atom stereocenters. The predicted molar refractivity (Wildman–Crippen MR) is 79.1 cm³/mol. The number of rotatable bonds is 14. The topological polar surface area (TPSA) is 88.5 Å². The molecule has 21 heavy (non-hydrogen) atoms. The van der Waals surface area contributed by atoms with Crippen molar-refractivity contribution in [2.75, 3.05) is 0 Å². The Kier molecular flexibility index (Phi) is 11.4. The van der Waals surface area contributed by atoms with Gasteiger partial charge in [-0.1, -0.05) is 13.3 Å². The first kappa shape index (κ1) is 19.5. The summed E-state index contributed by atoms with van der Waals surface area (Å²) in [5.41, 5.74) is 0. The maximum Gasteiger partial charge on any atom is 0.303 e. The first-order chi connectivity index (χ1) is 9.95. The molecule has 0 aromatic rings. The molecule has 0 aromatic heterocycles. The van der Waals surface area contributed by atoms with Crippen LogP contribution in [0.15, 0.2) is 0 Å². The zero-order chi connectivity index (χ0) is 16.1. The SMILES string of the molecule is CCCC(=O)CCC(=O)CCC(=O)CCCCCC(=O)O. The number of carboxylic acid groups (broad SMARTS) is 1. The molecule has 5 heteroatoms. The van der Waals surface area contributed by atoms with E-state index in [1.165, 1.54) is 0 Å². The van der Waals surface area contributed by atoms with E-state index in [9.17, 15) is 19.2 Å². The number of carboxylic acids is 1. The lowest BCUT2D eigenvalue weighted by Gasteiger charge is -2.02. The fourth-order valence-corrected chi connectivity index (χ4v) is 1.99. The standard InChI is InChI=1S/C16H26O5/c1-2-6-13(17)9-11-15(19)12-10-14(18)7-4-3-5-8-16(20)21/h2-12H2,1H3,(H,20,21). The Hall–Kier alpha value is -1.52. The van der Waals surface area contributed by atoms with Crippen molar-refractivity contribution in [2.24, 2.45) is 0 Å². The monoisotopic (exact) mass is 298 g/mol. The number of hydrogen-bond donors (Lipinski definition) is 1. The predicted octanol–water partition coefficient (Wildman–Crippen LogP) is 3.09. The lowest BCUT2D eigenvalue weighted by atomic mass is 10.0. The van der Waals surface area contributed by atoms with Gasteiger partial charge in [0, 0.05) is 44.9 Å². The van der Waals surface area contributed by atoms with E-state index in [1.807, 2.05) is 6.92 Å². The Balaban J connectivity index is 3.57. The van der Waals surface area contributed by atoms with Crippen LogP contribution in [0.5, 0.6) is 0 Å². The zero-order valence-electron chi connectivity index (χ0n) is 12.9. The molecule has 5 nitrogen and oxygen atoms in total. The molecular formula is C16H26O5. The minimum Gasteiger partial charge on any atom is -0.481 e. The van der Waals surface area contributed by atoms with Gasteiger partial charge in [0.15, 0.2) is 0 Å². The number of ketones is 3. The summed E-state index contributed by atoms with van der Waals surface area (Å²) in [4.78, 5) is 44.7. The summed E-state index contributed by atoms with van der Waals surface area (Å²) < 4.78 is 0. The van der Waals surface area contributed by atoms with Gasteiger partial charge in [0.25, 0.3) is 0 Å². The van der Waals surface area contributed by atoms with E-state index < -0.39 is 5.97 Å². The first-order valence-electron chi connectivity index (χ1n) is 7.72. The molecule has 0 aromatic carbocycles. The van der Waals surface area contributed by atoms with Gasteiger partial charge in [0.2, 0.25) is 0 Å². The highest BCUT2D eigenvalue weighted by atomic mass is 16.4. The third-order valence-electron chi connectivity index (χ3n) is 3.24. The van der Waals surface area contributed by atoms with E-state index in [0.717, 1.165) is 12.8 Å². The van der Waals surface area contributed by atoms with Gasteiger partial charge in [0.05, 0.1) is 0 Å². The Morgan fingerprint density at radius 1 is 0.619 bits per heavy atom. The van der Waals surface area contributed by atoms with Gasteiger partial charge in [-0.15, -0.1) is 0 Å². The smallest absolute Gasteiger partial charge is 0.303 e.